The summed E-state index contributed by atoms with van der Waals surface area (Å²) in [6, 6.07) is 15.1. The molecular weight excluding hydrogens is 246 g/mol. The van der Waals surface area contributed by atoms with Gasteiger partial charge in [-0.2, -0.15) is 0 Å². The van der Waals surface area contributed by atoms with Gasteiger partial charge in [-0.15, -0.1) is 0 Å². The number of nitrogens with one attached hydrogen (secondary N) is 1. The van der Waals surface area contributed by atoms with Gasteiger partial charge in [0.15, 0.2) is 0 Å². The largest absolute Gasteiger partial charge is 0.497 e. The van der Waals surface area contributed by atoms with Crippen LogP contribution in [0.5, 0.6) is 5.75 Å². The zero-order valence-corrected chi connectivity index (χ0v) is 12.7. The molecule has 20 heavy (non-hydrogen) atoms. The molecule has 0 fully saturated rings. The van der Waals surface area contributed by atoms with E-state index in [2.05, 4.69) is 56.4 Å². The standard InChI is InChI=1S/C18H23NO/c1-13-8-9-17(14(2)10-13)12-19-15(3)16-6-5-7-18(11-16)20-4/h5-11,15,19H,12H2,1-4H3. The molecule has 0 aliphatic rings. The number of aryl methyl sites for hydroxylation is 2. The van der Waals surface area contributed by atoms with Gasteiger partial charge >= 0.3 is 0 Å². The lowest BCUT2D eigenvalue weighted by Crippen LogP contribution is -2.18. The number of hydrogen-bond acceptors (Lipinski definition) is 2. The van der Waals surface area contributed by atoms with Crippen LogP contribution in [0.25, 0.3) is 0 Å². The van der Waals surface area contributed by atoms with E-state index in [0.29, 0.717) is 6.04 Å². The van der Waals surface area contributed by atoms with Crippen LogP contribution >= 0.6 is 0 Å². The molecule has 1 unspecified atom stereocenters. The van der Waals surface area contributed by atoms with Gasteiger partial charge in [0.1, 0.15) is 5.75 Å². The minimum Gasteiger partial charge on any atom is -0.497 e. The maximum Gasteiger partial charge on any atom is 0.119 e. The van der Waals surface area contributed by atoms with Gasteiger partial charge < -0.3 is 10.1 Å². The second-order valence-electron chi connectivity index (χ2n) is 5.31. The molecule has 0 bridgehead atoms. The van der Waals surface area contributed by atoms with E-state index in [1.54, 1.807) is 7.11 Å². The van der Waals surface area contributed by atoms with Crippen LogP contribution in [-0.2, 0) is 6.54 Å². The Morgan fingerprint density at radius 2 is 1.90 bits per heavy atom. The van der Waals surface area contributed by atoms with Gasteiger partial charge in [0, 0.05) is 12.6 Å². The molecule has 0 aromatic heterocycles. The molecule has 0 aliphatic carbocycles. The summed E-state index contributed by atoms with van der Waals surface area (Å²) in [5.74, 6) is 0.905. The first-order valence-corrected chi connectivity index (χ1v) is 7.03. The predicted molar refractivity (Wildman–Crippen MR) is 84.2 cm³/mol. The van der Waals surface area contributed by atoms with Crippen LogP contribution in [0, 0.1) is 13.8 Å². The fourth-order valence-electron chi connectivity index (χ4n) is 2.34. The SMILES string of the molecule is COc1cccc(C(C)NCc2ccc(C)cc2C)c1. The number of ether oxygens (including phenoxy) is 1. The van der Waals surface area contributed by atoms with E-state index in [1.165, 1.54) is 22.3 Å². The first-order chi connectivity index (χ1) is 9.60. The molecule has 0 spiro atoms. The van der Waals surface area contributed by atoms with E-state index < -0.39 is 0 Å². The highest BCUT2D eigenvalue weighted by atomic mass is 16.5. The average molecular weight is 269 g/mol. The van der Waals surface area contributed by atoms with Crippen LogP contribution in [0.15, 0.2) is 42.5 Å². The maximum atomic E-state index is 5.27. The van der Waals surface area contributed by atoms with Crippen LogP contribution < -0.4 is 10.1 Å². The number of benzene rings is 2. The third-order valence-corrected chi connectivity index (χ3v) is 3.69. The predicted octanol–water partition coefficient (Wildman–Crippen LogP) is 4.16. The van der Waals surface area contributed by atoms with Gasteiger partial charge in [0.05, 0.1) is 7.11 Å². The van der Waals surface area contributed by atoms with Crippen LogP contribution in [0.4, 0.5) is 0 Å². The van der Waals surface area contributed by atoms with Crippen molar-refractivity contribution in [2.24, 2.45) is 0 Å². The summed E-state index contributed by atoms with van der Waals surface area (Å²) in [7, 11) is 1.70. The monoisotopic (exact) mass is 269 g/mol. The molecule has 1 atom stereocenters. The van der Waals surface area contributed by atoms with Crippen LogP contribution in [0.2, 0.25) is 0 Å². The van der Waals surface area contributed by atoms with E-state index in [-0.39, 0.29) is 0 Å². The van der Waals surface area contributed by atoms with Crippen molar-refractivity contribution in [3.8, 4) is 5.75 Å². The van der Waals surface area contributed by atoms with Crippen LogP contribution in [0.1, 0.15) is 35.2 Å². The molecule has 2 heteroatoms. The first-order valence-electron chi connectivity index (χ1n) is 7.03. The summed E-state index contributed by atoms with van der Waals surface area (Å²) < 4.78 is 5.27. The summed E-state index contributed by atoms with van der Waals surface area (Å²) in [4.78, 5) is 0. The van der Waals surface area contributed by atoms with Gasteiger partial charge in [0.2, 0.25) is 0 Å². The third-order valence-electron chi connectivity index (χ3n) is 3.69. The summed E-state index contributed by atoms with van der Waals surface area (Å²) in [5.41, 5.74) is 5.25. The van der Waals surface area contributed by atoms with Crippen LogP contribution in [-0.4, -0.2) is 7.11 Å². The highest BCUT2D eigenvalue weighted by Gasteiger charge is 2.07. The smallest absolute Gasteiger partial charge is 0.119 e. The Kier molecular flexibility index (Phi) is 4.80. The topological polar surface area (TPSA) is 21.3 Å². The van der Waals surface area contributed by atoms with Crippen LogP contribution in [0.3, 0.4) is 0 Å². The number of hydrogen-bond donors (Lipinski definition) is 1. The van der Waals surface area contributed by atoms with E-state index in [9.17, 15) is 0 Å². The lowest BCUT2D eigenvalue weighted by molar-refractivity contribution is 0.413. The van der Waals surface area contributed by atoms with Crippen molar-refractivity contribution < 1.29 is 4.74 Å². The molecule has 106 valence electrons. The van der Waals surface area contributed by atoms with Crippen molar-refractivity contribution in [3.05, 3.63) is 64.7 Å². The second-order valence-corrected chi connectivity index (χ2v) is 5.31. The second kappa shape index (κ2) is 6.58. The van der Waals surface area contributed by atoms with E-state index >= 15 is 0 Å². The molecule has 0 radical (unpaired) electrons. The van der Waals surface area contributed by atoms with Crippen molar-refractivity contribution in [2.75, 3.05) is 7.11 Å². The Morgan fingerprint density at radius 3 is 2.60 bits per heavy atom. The molecule has 0 amide bonds. The van der Waals surface area contributed by atoms with Crippen molar-refractivity contribution in [2.45, 2.75) is 33.4 Å². The molecule has 2 nitrogen and oxygen atoms in total. The molecular formula is C18H23NO. The van der Waals surface area contributed by atoms with E-state index in [1.807, 2.05) is 12.1 Å². The highest BCUT2D eigenvalue weighted by molar-refractivity contribution is 5.32. The normalized spacial score (nSPS) is 12.2. The molecule has 2 aromatic rings. The van der Waals surface area contributed by atoms with Crippen molar-refractivity contribution in [1.29, 1.82) is 0 Å². The average Bonchev–Trinajstić information content (AvgIpc) is 2.46. The fraction of sp³-hybridized carbons (Fsp3) is 0.333. The molecule has 1 N–H and O–H groups in total. The van der Waals surface area contributed by atoms with Gasteiger partial charge in [-0.3, -0.25) is 0 Å². The zero-order chi connectivity index (χ0) is 14.5. The molecule has 0 saturated carbocycles. The van der Waals surface area contributed by atoms with Crippen molar-refractivity contribution in [3.63, 3.8) is 0 Å². The summed E-state index contributed by atoms with van der Waals surface area (Å²) >= 11 is 0. The lowest BCUT2D eigenvalue weighted by Gasteiger charge is -2.16. The third kappa shape index (κ3) is 3.61. The Labute approximate surface area is 121 Å². The Morgan fingerprint density at radius 1 is 1.10 bits per heavy atom. The highest BCUT2D eigenvalue weighted by Crippen LogP contribution is 2.19. The fourth-order valence-corrected chi connectivity index (χ4v) is 2.34. The van der Waals surface area contributed by atoms with Crippen molar-refractivity contribution >= 4 is 0 Å². The Balaban J connectivity index is 2.02. The molecule has 0 saturated heterocycles. The van der Waals surface area contributed by atoms with E-state index in [4.69, 9.17) is 4.74 Å². The maximum absolute atomic E-state index is 5.27. The summed E-state index contributed by atoms with van der Waals surface area (Å²) in [6.07, 6.45) is 0. The van der Waals surface area contributed by atoms with E-state index in [0.717, 1.165) is 12.3 Å². The van der Waals surface area contributed by atoms with Gasteiger partial charge in [-0.05, 0) is 49.6 Å². The zero-order valence-electron chi connectivity index (χ0n) is 12.7. The van der Waals surface area contributed by atoms with Gasteiger partial charge in [-0.25, -0.2) is 0 Å². The minimum atomic E-state index is 0.297. The minimum absolute atomic E-state index is 0.297. The number of methoxy groups -OCH3 is 1. The van der Waals surface area contributed by atoms with Crippen molar-refractivity contribution in [1.82, 2.24) is 5.32 Å². The Bertz CT molecular complexity index is 577. The molecule has 0 aliphatic heterocycles. The molecule has 2 aromatic carbocycles. The summed E-state index contributed by atoms with van der Waals surface area (Å²) in [6.45, 7) is 7.35. The lowest BCUT2D eigenvalue weighted by atomic mass is 10.0. The van der Waals surface area contributed by atoms with Gasteiger partial charge in [-0.1, -0.05) is 35.9 Å². The molecule has 0 heterocycles. The Hall–Kier alpha value is -1.80. The summed E-state index contributed by atoms with van der Waals surface area (Å²) in [5, 5.41) is 3.57. The number of rotatable bonds is 5. The quantitative estimate of drug-likeness (QED) is 0.880. The first kappa shape index (κ1) is 14.6. The molecule has 2 rings (SSSR count). The van der Waals surface area contributed by atoms with Gasteiger partial charge in [0.25, 0.3) is 0 Å².